The average Bonchev–Trinajstić information content (AvgIpc) is 3.11. The zero-order valence-corrected chi connectivity index (χ0v) is 17.2. The number of aromatic hydroxyl groups is 1. The highest BCUT2D eigenvalue weighted by Crippen LogP contribution is 2.28. The van der Waals surface area contributed by atoms with Gasteiger partial charge in [0, 0.05) is 41.0 Å². The van der Waals surface area contributed by atoms with Crippen LogP contribution in [-0.4, -0.2) is 40.0 Å². The van der Waals surface area contributed by atoms with Crippen LogP contribution in [0.3, 0.4) is 0 Å². The highest BCUT2D eigenvalue weighted by Gasteiger charge is 2.10. The second-order valence-electron chi connectivity index (χ2n) is 6.99. The van der Waals surface area contributed by atoms with E-state index in [4.69, 9.17) is 4.74 Å². The number of benzene rings is 3. The third-order valence-electron chi connectivity index (χ3n) is 5.02. The van der Waals surface area contributed by atoms with Gasteiger partial charge in [0.05, 0.1) is 18.2 Å². The molecule has 3 aromatic carbocycles. The molecule has 30 heavy (non-hydrogen) atoms. The van der Waals surface area contributed by atoms with E-state index in [2.05, 4.69) is 28.5 Å². The third-order valence-corrected chi connectivity index (χ3v) is 5.02. The maximum absolute atomic E-state index is 10.3. The van der Waals surface area contributed by atoms with Gasteiger partial charge in [-0.1, -0.05) is 24.3 Å². The molecule has 0 aliphatic carbocycles. The van der Waals surface area contributed by atoms with Crippen LogP contribution in [0.2, 0.25) is 0 Å². The van der Waals surface area contributed by atoms with Crippen molar-refractivity contribution in [2.75, 3.05) is 19.7 Å². The molecule has 0 aliphatic rings. The van der Waals surface area contributed by atoms with Gasteiger partial charge < -0.3 is 30.4 Å². The first kappa shape index (κ1) is 21.9. The number of nitrogens with one attached hydrogen (secondary N) is 2. The highest BCUT2D eigenvalue weighted by atomic mass is 35.5. The molecule has 0 amide bonds. The summed E-state index contributed by atoms with van der Waals surface area (Å²) in [5.41, 5.74) is 3.19. The van der Waals surface area contributed by atoms with Crippen LogP contribution in [0.1, 0.15) is 17.2 Å². The number of rotatable bonds is 8. The van der Waals surface area contributed by atoms with Gasteiger partial charge in [-0.15, -0.1) is 12.4 Å². The Balaban J connectivity index is 0.00000256. The number of halogens is 1. The van der Waals surface area contributed by atoms with Crippen molar-refractivity contribution >= 4 is 34.2 Å². The van der Waals surface area contributed by atoms with E-state index in [9.17, 15) is 15.3 Å². The Hall–Kier alpha value is -2.77. The minimum absolute atomic E-state index is 0. The Morgan fingerprint density at radius 3 is 2.60 bits per heavy atom. The molecule has 0 radical (unpaired) electrons. The van der Waals surface area contributed by atoms with Crippen LogP contribution >= 0.6 is 12.4 Å². The number of H-pyrrole nitrogens is 1. The summed E-state index contributed by atoms with van der Waals surface area (Å²) < 4.78 is 5.82. The minimum Gasteiger partial charge on any atom is -0.508 e. The van der Waals surface area contributed by atoms with Crippen molar-refractivity contribution in [3.8, 4) is 11.5 Å². The van der Waals surface area contributed by atoms with E-state index in [1.165, 1.54) is 16.8 Å². The molecular weight excluding hydrogens is 404 g/mol. The highest BCUT2D eigenvalue weighted by molar-refractivity contribution is 6.07. The first-order chi connectivity index (χ1) is 14.2. The largest absolute Gasteiger partial charge is 0.508 e. The molecule has 5 N–H and O–H groups in total. The quantitative estimate of drug-likeness (QED) is 0.276. The number of para-hydroxylation sites is 1. The van der Waals surface area contributed by atoms with E-state index in [-0.39, 0.29) is 24.8 Å². The monoisotopic (exact) mass is 428 g/mol. The van der Waals surface area contributed by atoms with Crippen LogP contribution in [0.4, 0.5) is 0 Å². The predicted molar refractivity (Wildman–Crippen MR) is 120 cm³/mol. The Morgan fingerprint density at radius 2 is 1.77 bits per heavy atom. The molecule has 1 unspecified atom stereocenters. The molecule has 0 saturated carbocycles. The van der Waals surface area contributed by atoms with Gasteiger partial charge in [-0.05, 0) is 35.9 Å². The molecule has 0 fully saturated rings. The molecule has 0 aliphatic heterocycles. The number of aromatic amines is 1. The number of hydrogen-bond donors (Lipinski definition) is 5. The molecule has 6 nitrogen and oxygen atoms in total. The van der Waals surface area contributed by atoms with E-state index in [1.807, 2.05) is 24.3 Å². The van der Waals surface area contributed by atoms with Gasteiger partial charge in [0.15, 0.2) is 0 Å². The van der Waals surface area contributed by atoms with Crippen molar-refractivity contribution in [2.24, 2.45) is 0 Å². The SMILES string of the molecule is Cl.OCc1cc(C(O)CNCCOc2ccc3c(c2)[nH]c2ccccc23)ccc1O. The number of phenols is 1. The van der Waals surface area contributed by atoms with Gasteiger partial charge in [0.25, 0.3) is 0 Å². The predicted octanol–water partition coefficient (Wildman–Crippen LogP) is 3.64. The summed E-state index contributed by atoms with van der Waals surface area (Å²) in [5, 5.41) is 34.6. The molecule has 0 saturated heterocycles. The fraction of sp³-hybridized carbons (Fsp3) is 0.217. The lowest BCUT2D eigenvalue weighted by Gasteiger charge is -2.14. The fourth-order valence-corrected chi connectivity index (χ4v) is 3.46. The molecule has 0 bridgehead atoms. The summed E-state index contributed by atoms with van der Waals surface area (Å²) in [6.07, 6.45) is -0.733. The van der Waals surface area contributed by atoms with Crippen molar-refractivity contribution in [1.29, 1.82) is 0 Å². The Morgan fingerprint density at radius 1 is 0.967 bits per heavy atom. The van der Waals surface area contributed by atoms with Gasteiger partial charge >= 0.3 is 0 Å². The lowest BCUT2D eigenvalue weighted by Crippen LogP contribution is -2.26. The second-order valence-corrected chi connectivity index (χ2v) is 6.99. The normalized spacial score (nSPS) is 12.1. The van der Waals surface area contributed by atoms with Crippen molar-refractivity contribution in [3.05, 3.63) is 71.8 Å². The second kappa shape index (κ2) is 9.82. The standard InChI is InChI=1S/C23H24N2O4.ClH/c26-14-16-11-15(5-8-22(16)27)23(28)13-24-9-10-29-17-6-7-19-18-3-1-2-4-20(18)25-21(19)12-17;/h1-8,11-12,23-28H,9-10,13-14H2;1H. The number of aliphatic hydroxyl groups excluding tert-OH is 2. The van der Waals surface area contributed by atoms with E-state index < -0.39 is 6.10 Å². The molecule has 0 spiro atoms. The zero-order valence-electron chi connectivity index (χ0n) is 16.3. The van der Waals surface area contributed by atoms with Crippen LogP contribution in [0.15, 0.2) is 60.7 Å². The van der Waals surface area contributed by atoms with Gasteiger partial charge in [-0.2, -0.15) is 0 Å². The topological polar surface area (TPSA) is 97.7 Å². The van der Waals surface area contributed by atoms with Gasteiger partial charge in [-0.25, -0.2) is 0 Å². The van der Waals surface area contributed by atoms with Gasteiger partial charge in [0.2, 0.25) is 0 Å². The maximum Gasteiger partial charge on any atom is 0.121 e. The summed E-state index contributed by atoms with van der Waals surface area (Å²) in [7, 11) is 0. The van der Waals surface area contributed by atoms with Crippen molar-refractivity contribution in [1.82, 2.24) is 10.3 Å². The number of aliphatic hydroxyl groups is 2. The van der Waals surface area contributed by atoms with Crippen molar-refractivity contribution < 1.29 is 20.1 Å². The Labute approximate surface area is 180 Å². The Kier molecular flexibility index (Phi) is 7.18. The number of aromatic nitrogens is 1. The van der Waals surface area contributed by atoms with Gasteiger partial charge in [-0.3, -0.25) is 0 Å². The summed E-state index contributed by atoms with van der Waals surface area (Å²) in [6.45, 7) is 1.12. The maximum atomic E-state index is 10.3. The average molecular weight is 429 g/mol. The van der Waals surface area contributed by atoms with E-state index in [0.29, 0.717) is 30.8 Å². The summed E-state index contributed by atoms with van der Waals surface area (Å²) >= 11 is 0. The number of ether oxygens (including phenoxy) is 1. The Bertz CT molecular complexity index is 1130. The van der Waals surface area contributed by atoms with Crippen LogP contribution in [-0.2, 0) is 6.61 Å². The summed E-state index contributed by atoms with van der Waals surface area (Å²) in [6, 6.07) is 18.9. The molecule has 1 atom stereocenters. The lowest BCUT2D eigenvalue weighted by molar-refractivity contribution is 0.171. The molecule has 4 aromatic rings. The third kappa shape index (κ3) is 4.68. The van der Waals surface area contributed by atoms with E-state index >= 15 is 0 Å². The molecular formula is C23H25ClN2O4. The summed E-state index contributed by atoms with van der Waals surface area (Å²) in [4.78, 5) is 3.40. The van der Waals surface area contributed by atoms with Crippen LogP contribution in [0.5, 0.6) is 11.5 Å². The molecule has 1 heterocycles. The number of hydrogen-bond acceptors (Lipinski definition) is 5. The van der Waals surface area contributed by atoms with Crippen molar-refractivity contribution in [2.45, 2.75) is 12.7 Å². The first-order valence-corrected chi connectivity index (χ1v) is 9.60. The fourth-order valence-electron chi connectivity index (χ4n) is 3.46. The van der Waals surface area contributed by atoms with Gasteiger partial charge in [0.1, 0.15) is 18.1 Å². The number of fused-ring (bicyclic) bond motifs is 3. The molecule has 1 aromatic heterocycles. The minimum atomic E-state index is -0.733. The van der Waals surface area contributed by atoms with Crippen molar-refractivity contribution in [3.63, 3.8) is 0 Å². The van der Waals surface area contributed by atoms with E-state index in [0.717, 1.165) is 16.8 Å². The van der Waals surface area contributed by atoms with E-state index in [1.54, 1.807) is 12.1 Å². The first-order valence-electron chi connectivity index (χ1n) is 9.60. The van der Waals surface area contributed by atoms with Crippen LogP contribution in [0.25, 0.3) is 21.8 Å². The lowest BCUT2D eigenvalue weighted by atomic mass is 10.1. The van der Waals surface area contributed by atoms with Crippen LogP contribution in [0, 0.1) is 0 Å². The molecule has 7 heteroatoms. The summed E-state index contributed by atoms with van der Waals surface area (Å²) in [5.74, 6) is 0.814. The smallest absolute Gasteiger partial charge is 0.121 e. The molecule has 158 valence electrons. The molecule has 4 rings (SSSR count). The van der Waals surface area contributed by atoms with Crippen LogP contribution < -0.4 is 10.1 Å². The zero-order chi connectivity index (χ0) is 20.2.